The van der Waals surface area contributed by atoms with Crippen LogP contribution in [-0.2, 0) is 19.5 Å². The van der Waals surface area contributed by atoms with Gasteiger partial charge in [0, 0.05) is 54.3 Å². The van der Waals surface area contributed by atoms with Gasteiger partial charge in [-0.1, -0.05) is 29.8 Å². The first-order chi connectivity index (χ1) is 13.2. The Morgan fingerprint density at radius 2 is 1.96 bits per heavy atom. The zero-order valence-corrected chi connectivity index (χ0v) is 16.0. The van der Waals surface area contributed by atoms with E-state index in [4.69, 9.17) is 17.2 Å². The van der Waals surface area contributed by atoms with Gasteiger partial charge in [-0.2, -0.15) is 0 Å². The van der Waals surface area contributed by atoms with Crippen LogP contribution in [0.5, 0.6) is 0 Å². The van der Waals surface area contributed by atoms with Gasteiger partial charge in [-0.25, -0.2) is 9.97 Å². The molecule has 1 N–H and O–H groups in total. The standard InChI is InChI=1S/C22H20N4S/c1-14-6-7-21-17(10-14)18(16-4-2-3-5-20(16)24-21)13-26-9-8-19-15(12-26)11-23-22(27)25-19/h2-7,10-11H,8-9,12-13H2,1H3,(H,23,25,27). The lowest BCUT2D eigenvalue weighted by atomic mass is 9.99. The Morgan fingerprint density at radius 1 is 1.11 bits per heavy atom. The van der Waals surface area contributed by atoms with Gasteiger partial charge in [0.1, 0.15) is 0 Å². The largest absolute Gasteiger partial charge is 0.334 e. The highest BCUT2D eigenvalue weighted by molar-refractivity contribution is 7.71. The summed E-state index contributed by atoms with van der Waals surface area (Å²) >= 11 is 5.16. The number of aryl methyl sites for hydroxylation is 1. The Hall–Kier alpha value is -2.63. The van der Waals surface area contributed by atoms with Crippen molar-refractivity contribution in [1.29, 1.82) is 0 Å². The van der Waals surface area contributed by atoms with Crippen LogP contribution in [0, 0.1) is 11.7 Å². The SMILES string of the molecule is Cc1ccc2nc3ccccc3c(CN3CCc4[nH]c(=S)ncc4C3)c2c1. The van der Waals surface area contributed by atoms with Crippen molar-refractivity contribution in [3.63, 3.8) is 0 Å². The van der Waals surface area contributed by atoms with Crippen molar-refractivity contribution >= 4 is 34.0 Å². The fourth-order valence-electron chi connectivity index (χ4n) is 4.02. The van der Waals surface area contributed by atoms with Crippen LogP contribution in [0.15, 0.2) is 48.7 Å². The van der Waals surface area contributed by atoms with Crippen molar-refractivity contribution in [3.8, 4) is 0 Å². The van der Waals surface area contributed by atoms with Gasteiger partial charge < -0.3 is 4.98 Å². The lowest BCUT2D eigenvalue weighted by Crippen LogP contribution is -2.31. The third-order valence-corrected chi connectivity index (χ3v) is 5.59. The summed E-state index contributed by atoms with van der Waals surface area (Å²) in [4.78, 5) is 14.9. The lowest BCUT2D eigenvalue weighted by Gasteiger charge is -2.29. The molecule has 0 spiro atoms. The minimum absolute atomic E-state index is 0.573. The van der Waals surface area contributed by atoms with Crippen molar-refractivity contribution in [2.75, 3.05) is 6.54 Å². The van der Waals surface area contributed by atoms with E-state index in [0.717, 1.165) is 37.1 Å². The Kier molecular flexibility index (Phi) is 3.99. The van der Waals surface area contributed by atoms with Crippen LogP contribution < -0.4 is 0 Å². The van der Waals surface area contributed by atoms with Crippen LogP contribution in [-0.4, -0.2) is 26.4 Å². The van der Waals surface area contributed by atoms with Gasteiger partial charge >= 0.3 is 0 Å². The van der Waals surface area contributed by atoms with E-state index >= 15 is 0 Å². The number of rotatable bonds is 2. The molecule has 0 bridgehead atoms. The van der Waals surface area contributed by atoms with Gasteiger partial charge in [0.25, 0.3) is 0 Å². The molecular formula is C22H20N4S. The van der Waals surface area contributed by atoms with Gasteiger partial charge in [-0.3, -0.25) is 4.90 Å². The predicted molar refractivity (Wildman–Crippen MR) is 111 cm³/mol. The summed E-state index contributed by atoms with van der Waals surface area (Å²) in [6.07, 6.45) is 2.90. The molecule has 0 atom stereocenters. The molecule has 0 unspecified atom stereocenters. The average molecular weight is 372 g/mol. The molecule has 1 aliphatic rings. The number of aromatic amines is 1. The second-order valence-electron chi connectivity index (χ2n) is 7.28. The molecule has 5 rings (SSSR count). The van der Waals surface area contributed by atoms with Crippen LogP contribution in [0.1, 0.15) is 22.4 Å². The number of hydrogen-bond acceptors (Lipinski definition) is 4. The van der Waals surface area contributed by atoms with Crippen LogP contribution in [0.3, 0.4) is 0 Å². The maximum absolute atomic E-state index is 5.16. The van der Waals surface area contributed by atoms with Crippen molar-refractivity contribution in [2.45, 2.75) is 26.4 Å². The molecule has 27 heavy (non-hydrogen) atoms. The summed E-state index contributed by atoms with van der Waals surface area (Å²) in [7, 11) is 0. The van der Waals surface area contributed by atoms with Crippen LogP contribution in [0.25, 0.3) is 21.8 Å². The topological polar surface area (TPSA) is 44.8 Å². The summed E-state index contributed by atoms with van der Waals surface area (Å²) in [5, 5.41) is 2.50. The molecule has 4 nitrogen and oxygen atoms in total. The molecule has 1 aliphatic heterocycles. The monoisotopic (exact) mass is 372 g/mol. The minimum Gasteiger partial charge on any atom is -0.334 e. The second kappa shape index (κ2) is 6.51. The van der Waals surface area contributed by atoms with E-state index in [1.165, 1.54) is 33.2 Å². The molecule has 0 fully saturated rings. The van der Waals surface area contributed by atoms with Gasteiger partial charge in [0.15, 0.2) is 4.77 Å². The number of para-hydroxylation sites is 1. The highest BCUT2D eigenvalue weighted by Crippen LogP contribution is 2.29. The first kappa shape index (κ1) is 16.5. The van der Waals surface area contributed by atoms with Gasteiger partial charge in [0.05, 0.1) is 11.0 Å². The Labute approximate surface area is 162 Å². The smallest absolute Gasteiger partial charge is 0.196 e. The molecule has 0 aliphatic carbocycles. The van der Waals surface area contributed by atoms with E-state index in [1.807, 2.05) is 6.20 Å². The van der Waals surface area contributed by atoms with E-state index in [9.17, 15) is 0 Å². The molecule has 0 amide bonds. The number of aromatic nitrogens is 3. The molecular weight excluding hydrogens is 352 g/mol. The zero-order chi connectivity index (χ0) is 18.4. The average Bonchev–Trinajstić information content (AvgIpc) is 2.68. The quantitative estimate of drug-likeness (QED) is 0.409. The summed E-state index contributed by atoms with van der Waals surface area (Å²) in [6.45, 7) is 4.94. The molecule has 0 saturated carbocycles. The van der Waals surface area contributed by atoms with E-state index in [1.54, 1.807) is 0 Å². The minimum atomic E-state index is 0.573. The number of benzene rings is 2. The van der Waals surface area contributed by atoms with Gasteiger partial charge in [-0.15, -0.1) is 0 Å². The predicted octanol–water partition coefficient (Wildman–Crippen LogP) is 4.71. The number of nitrogens with zero attached hydrogens (tertiary/aromatic N) is 3. The van der Waals surface area contributed by atoms with Crippen LogP contribution in [0.4, 0.5) is 0 Å². The molecule has 3 heterocycles. The fraction of sp³-hybridized carbons (Fsp3) is 0.227. The highest BCUT2D eigenvalue weighted by Gasteiger charge is 2.19. The van der Waals surface area contributed by atoms with Crippen molar-refractivity contribution in [1.82, 2.24) is 19.9 Å². The summed E-state index contributed by atoms with van der Waals surface area (Å²) < 4.78 is 0.573. The van der Waals surface area contributed by atoms with Gasteiger partial charge in [-0.05, 0) is 42.9 Å². The molecule has 5 heteroatoms. The summed E-state index contributed by atoms with van der Waals surface area (Å²) in [5.74, 6) is 0. The van der Waals surface area contributed by atoms with Gasteiger partial charge in [0.2, 0.25) is 0 Å². The number of H-pyrrole nitrogens is 1. The number of fused-ring (bicyclic) bond motifs is 3. The third kappa shape index (κ3) is 3.03. The number of hydrogen-bond donors (Lipinski definition) is 1. The summed E-state index contributed by atoms with van der Waals surface area (Å²) in [5.41, 5.74) is 7.23. The van der Waals surface area contributed by atoms with E-state index in [0.29, 0.717) is 4.77 Å². The maximum Gasteiger partial charge on any atom is 0.196 e. The van der Waals surface area contributed by atoms with E-state index < -0.39 is 0 Å². The highest BCUT2D eigenvalue weighted by atomic mass is 32.1. The molecule has 2 aromatic heterocycles. The zero-order valence-electron chi connectivity index (χ0n) is 15.2. The first-order valence-electron chi connectivity index (χ1n) is 9.25. The van der Waals surface area contributed by atoms with Crippen LogP contribution in [0.2, 0.25) is 0 Å². The summed E-state index contributed by atoms with van der Waals surface area (Å²) in [6, 6.07) is 15.0. The molecule has 0 saturated heterocycles. The molecule has 0 radical (unpaired) electrons. The Morgan fingerprint density at radius 3 is 2.89 bits per heavy atom. The molecule has 4 aromatic rings. The van der Waals surface area contributed by atoms with Crippen molar-refractivity contribution in [3.05, 3.63) is 75.8 Å². The third-order valence-electron chi connectivity index (χ3n) is 5.38. The van der Waals surface area contributed by atoms with Crippen molar-refractivity contribution < 1.29 is 0 Å². The first-order valence-corrected chi connectivity index (χ1v) is 9.65. The number of pyridine rings is 1. The maximum atomic E-state index is 5.16. The van der Waals surface area contributed by atoms with E-state index in [-0.39, 0.29) is 0 Å². The lowest BCUT2D eigenvalue weighted by molar-refractivity contribution is 0.244. The Bertz CT molecular complexity index is 1230. The Balaban J connectivity index is 1.60. The van der Waals surface area contributed by atoms with E-state index in [2.05, 4.69) is 64.3 Å². The van der Waals surface area contributed by atoms with Crippen molar-refractivity contribution in [2.24, 2.45) is 0 Å². The fourth-order valence-corrected chi connectivity index (χ4v) is 4.20. The molecule has 2 aromatic carbocycles. The normalized spacial score (nSPS) is 14.6. The molecule has 134 valence electrons. The van der Waals surface area contributed by atoms with Crippen LogP contribution >= 0.6 is 12.2 Å². The second-order valence-corrected chi connectivity index (χ2v) is 7.67. The number of nitrogens with one attached hydrogen (secondary N) is 1.